The number of aliphatic hydroxyl groups excluding tert-OH is 1. The molecule has 0 fully saturated rings. The highest BCUT2D eigenvalue weighted by molar-refractivity contribution is 6.47. The maximum absolute atomic E-state index is 14.5. The van der Waals surface area contributed by atoms with E-state index in [1.807, 2.05) is 12.1 Å². The van der Waals surface area contributed by atoms with Crippen LogP contribution in [0.2, 0.25) is 0 Å². The molecule has 0 spiro atoms. The van der Waals surface area contributed by atoms with Gasteiger partial charge in [0.05, 0.1) is 35.4 Å². The van der Waals surface area contributed by atoms with Crippen LogP contribution >= 0.6 is 0 Å². The third kappa shape index (κ3) is 5.80. The molecule has 0 unspecified atom stereocenters. The van der Waals surface area contributed by atoms with Crippen LogP contribution in [0.15, 0.2) is 72.9 Å². The Bertz CT molecular complexity index is 1470. The van der Waals surface area contributed by atoms with Gasteiger partial charge in [0.1, 0.15) is 0 Å². The Hall–Kier alpha value is -3.59. The SMILES string of the molecule is Cc1cc(N)cnc1-c1ccc([B]OC(C)(C)C(C)(C)O)c(F)c1F.OCC1c2ccccc2-c2ccccc21. The lowest BCUT2D eigenvalue weighted by molar-refractivity contribution is -0.0893. The molecular formula is C32H34BF2N2O3. The van der Waals surface area contributed by atoms with Crippen LogP contribution in [0.25, 0.3) is 22.4 Å². The molecule has 4 N–H and O–H groups in total. The van der Waals surface area contributed by atoms with Crippen LogP contribution in [0, 0.1) is 18.6 Å². The van der Waals surface area contributed by atoms with E-state index in [2.05, 4.69) is 41.4 Å². The Morgan fingerprint density at radius 3 is 2.00 bits per heavy atom. The predicted molar refractivity (Wildman–Crippen MR) is 156 cm³/mol. The van der Waals surface area contributed by atoms with Crippen molar-refractivity contribution < 1.29 is 23.6 Å². The minimum absolute atomic E-state index is 0.0494. The summed E-state index contributed by atoms with van der Waals surface area (Å²) in [6.07, 6.45) is 1.40. The van der Waals surface area contributed by atoms with Crippen LogP contribution < -0.4 is 11.2 Å². The Balaban J connectivity index is 0.000000208. The first kappa shape index (κ1) is 29.4. The van der Waals surface area contributed by atoms with Crippen LogP contribution in [0.1, 0.15) is 50.3 Å². The molecule has 0 atom stereocenters. The monoisotopic (exact) mass is 543 g/mol. The zero-order valence-corrected chi connectivity index (χ0v) is 23.4. The number of benzene rings is 3. The van der Waals surface area contributed by atoms with Gasteiger partial charge in [0.2, 0.25) is 0 Å². The topological polar surface area (TPSA) is 88.6 Å². The molecule has 1 aliphatic carbocycles. The second kappa shape index (κ2) is 11.5. The van der Waals surface area contributed by atoms with E-state index < -0.39 is 22.8 Å². The van der Waals surface area contributed by atoms with Crippen LogP contribution in [0.4, 0.5) is 14.5 Å². The Kier molecular flexibility index (Phi) is 8.45. The molecule has 1 heterocycles. The number of aliphatic hydroxyl groups is 2. The molecule has 5 nitrogen and oxygen atoms in total. The molecule has 8 heteroatoms. The Labute approximate surface area is 235 Å². The van der Waals surface area contributed by atoms with E-state index in [9.17, 15) is 19.0 Å². The van der Waals surface area contributed by atoms with Crippen LogP contribution in [-0.4, -0.2) is 40.5 Å². The number of hydrogen-bond donors (Lipinski definition) is 3. The summed E-state index contributed by atoms with van der Waals surface area (Å²) in [5.74, 6) is -1.89. The fourth-order valence-electron chi connectivity index (χ4n) is 4.53. The van der Waals surface area contributed by atoms with Crippen molar-refractivity contribution in [2.24, 2.45) is 0 Å². The number of aromatic nitrogens is 1. The molecule has 207 valence electrons. The second-order valence-corrected chi connectivity index (χ2v) is 11.0. The molecule has 40 heavy (non-hydrogen) atoms. The van der Waals surface area contributed by atoms with Gasteiger partial charge in [-0.3, -0.25) is 4.98 Å². The van der Waals surface area contributed by atoms with E-state index in [0.29, 0.717) is 16.9 Å². The average Bonchev–Trinajstić information content (AvgIpc) is 3.23. The molecule has 1 aromatic heterocycles. The molecular weight excluding hydrogens is 509 g/mol. The van der Waals surface area contributed by atoms with Gasteiger partial charge in [-0.25, -0.2) is 8.78 Å². The number of nitrogens with two attached hydrogens (primary N) is 1. The third-order valence-corrected chi connectivity index (χ3v) is 7.57. The molecule has 5 rings (SSSR count). The first-order valence-electron chi connectivity index (χ1n) is 13.1. The molecule has 1 aliphatic rings. The largest absolute Gasteiger partial charge is 0.427 e. The number of halogens is 2. The first-order chi connectivity index (χ1) is 18.9. The zero-order chi connectivity index (χ0) is 29.2. The number of fused-ring (bicyclic) bond motifs is 3. The number of anilines is 1. The van der Waals surface area contributed by atoms with E-state index in [1.54, 1.807) is 40.7 Å². The smallest absolute Gasteiger partial charge is 0.334 e. The van der Waals surface area contributed by atoms with Gasteiger partial charge in [-0.1, -0.05) is 60.7 Å². The summed E-state index contributed by atoms with van der Waals surface area (Å²) in [5, 5.41) is 19.5. The summed E-state index contributed by atoms with van der Waals surface area (Å²) in [4.78, 5) is 4.09. The lowest BCUT2D eigenvalue weighted by Gasteiger charge is -2.37. The molecule has 1 radical (unpaired) electrons. The number of rotatable bonds is 6. The van der Waals surface area contributed by atoms with E-state index in [0.717, 1.165) is 7.48 Å². The summed E-state index contributed by atoms with van der Waals surface area (Å²) < 4.78 is 34.4. The highest BCUT2D eigenvalue weighted by Crippen LogP contribution is 2.44. The quantitative estimate of drug-likeness (QED) is 0.279. The second-order valence-electron chi connectivity index (χ2n) is 11.0. The summed E-state index contributed by atoms with van der Waals surface area (Å²) >= 11 is 0. The van der Waals surface area contributed by atoms with E-state index in [-0.39, 0.29) is 23.6 Å². The van der Waals surface area contributed by atoms with E-state index in [1.165, 1.54) is 40.6 Å². The summed E-state index contributed by atoms with van der Waals surface area (Å²) in [7, 11) is 1.11. The number of hydrogen-bond acceptors (Lipinski definition) is 5. The third-order valence-electron chi connectivity index (χ3n) is 7.57. The maximum Gasteiger partial charge on any atom is 0.334 e. The fraction of sp³-hybridized carbons (Fsp3) is 0.281. The minimum atomic E-state index is -1.16. The molecule has 0 amide bonds. The van der Waals surface area contributed by atoms with Gasteiger partial charge in [0, 0.05) is 11.5 Å². The molecule has 4 aromatic rings. The number of nitrogens with zero attached hydrogens (tertiary/aromatic N) is 1. The number of nitrogen functional groups attached to an aromatic ring is 1. The highest BCUT2D eigenvalue weighted by Gasteiger charge is 2.36. The Morgan fingerprint density at radius 1 is 0.900 bits per heavy atom. The van der Waals surface area contributed by atoms with Gasteiger partial charge >= 0.3 is 7.48 Å². The molecule has 3 aromatic carbocycles. The summed E-state index contributed by atoms with van der Waals surface area (Å²) in [5.41, 5.74) is 9.97. The van der Waals surface area contributed by atoms with Crippen molar-refractivity contribution in [1.82, 2.24) is 4.98 Å². The standard InChI is InChI=1S/C18H22BF2N2O2.C14H12O/c1-10-8-11(22)9-23-16(10)12-6-7-13(15(21)14(12)20)19-25-18(4,5)17(2,3)24;15-9-14-12-7-3-1-5-10(12)11-6-2-4-8-13(11)14/h6-9,24H,22H2,1-5H3;1-8,14-15H,9H2. The van der Waals surface area contributed by atoms with Gasteiger partial charge in [0.25, 0.3) is 0 Å². The molecule has 0 aliphatic heterocycles. The number of aryl methyl sites for hydroxylation is 1. The maximum atomic E-state index is 14.5. The summed E-state index contributed by atoms with van der Waals surface area (Å²) in [6, 6.07) is 21.1. The van der Waals surface area contributed by atoms with Crippen molar-refractivity contribution in [1.29, 1.82) is 0 Å². The number of pyridine rings is 1. The highest BCUT2D eigenvalue weighted by atomic mass is 19.2. The van der Waals surface area contributed by atoms with Crippen LogP contribution in [-0.2, 0) is 4.65 Å². The normalized spacial score (nSPS) is 12.8. The zero-order valence-electron chi connectivity index (χ0n) is 23.4. The van der Waals surface area contributed by atoms with Crippen molar-refractivity contribution in [2.45, 2.75) is 51.7 Å². The predicted octanol–water partition coefficient (Wildman–Crippen LogP) is 5.52. The molecule has 0 bridgehead atoms. The van der Waals surface area contributed by atoms with Gasteiger partial charge < -0.3 is 20.6 Å². The van der Waals surface area contributed by atoms with Gasteiger partial charge in [-0.2, -0.15) is 0 Å². The first-order valence-corrected chi connectivity index (χ1v) is 13.1. The van der Waals surface area contributed by atoms with E-state index in [4.69, 9.17) is 10.4 Å². The lowest BCUT2D eigenvalue weighted by atomic mass is 9.81. The van der Waals surface area contributed by atoms with Gasteiger partial charge in [-0.15, -0.1) is 0 Å². The lowest BCUT2D eigenvalue weighted by Crippen LogP contribution is -2.49. The Morgan fingerprint density at radius 2 is 1.48 bits per heavy atom. The minimum Gasteiger partial charge on any atom is -0.427 e. The van der Waals surface area contributed by atoms with Crippen molar-refractivity contribution >= 4 is 18.6 Å². The van der Waals surface area contributed by atoms with Crippen molar-refractivity contribution in [3.63, 3.8) is 0 Å². The summed E-state index contributed by atoms with van der Waals surface area (Å²) in [6.45, 7) is 8.40. The van der Waals surface area contributed by atoms with Crippen molar-refractivity contribution in [3.8, 4) is 22.4 Å². The molecule has 0 saturated carbocycles. The van der Waals surface area contributed by atoms with E-state index >= 15 is 0 Å². The van der Waals surface area contributed by atoms with Crippen molar-refractivity contribution in [3.05, 3.63) is 101 Å². The molecule has 0 saturated heterocycles. The van der Waals surface area contributed by atoms with Crippen LogP contribution in [0.3, 0.4) is 0 Å². The van der Waals surface area contributed by atoms with Gasteiger partial charge in [0.15, 0.2) is 11.6 Å². The van der Waals surface area contributed by atoms with Crippen LogP contribution in [0.5, 0.6) is 0 Å². The fourth-order valence-corrected chi connectivity index (χ4v) is 4.53. The van der Waals surface area contributed by atoms with Gasteiger partial charge in [-0.05, 0) is 74.0 Å². The van der Waals surface area contributed by atoms with Crippen molar-refractivity contribution in [2.75, 3.05) is 12.3 Å². The average molecular weight is 543 g/mol.